The van der Waals surface area contributed by atoms with Crippen LogP contribution in [-0.2, 0) is 10.3 Å². The number of thiophene rings is 1. The summed E-state index contributed by atoms with van der Waals surface area (Å²) < 4.78 is 0. The van der Waals surface area contributed by atoms with Gasteiger partial charge < -0.3 is 5.32 Å². The van der Waals surface area contributed by atoms with Crippen molar-refractivity contribution in [2.24, 2.45) is 5.92 Å². The van der Waals surface area contributed by atoms with Gasteiger partial charge in [0.25, 0.3) is 5.91 Å². The first-order valence-corrected chi connectivity index (χ1v) is 8.63. The Balaban J connectivity index is 1.78. The van der Waals surface area contributed by atoms with E-state index in [-0.39, 0.29) is 17.8 Å². The van der Waals surface area contributed by atoms with Gasteiger partial charge in [0, 0.05) is 29.9 Å². The van der Waals surface area contributed by atoms with E-state index in [0.29, 0.717) is 5.02 Å². The number of amides is 1. The van der Waals surface area contributed by atoms with Gasteiger partial charge >= 0.3 is 0 Å². The molecule has 2 N–H and O–H groups in total. The number of aromatic nitrogens is 1. The summed E-state index contributed by atoms with van der Waals surface area (Å²) >= 11 is 7.56. The third-order valence-electron chi connectivity index (χ3n) is 4.51. The summed E-state index contributed by atoms with van der Waals surface area (Å²) in [5, 5.41) is 13.7. The van der Waals surface area contributed by atoms with Crippen LogP contribution in [-0.4, -0.2) is 28.8 Å². The second-order valence-electron chi connectivity index (χ2n) is 6.01. The zero-order valence-corrected chi connectivity index (χ0v) is 14.0. The average Bonchev–Trinajstić information content (AvgIpc) is 3.22. The Hall–Kier alpha value is -1.92. The molecule has 0 aromatic carbocycles. The fraction of sp³-hybridized carbons (Fsp3) is 0.312. The molecule has 2 aromatic rings. The summed E-state index contributed by atoms with van der Waals surface area (Å²) in [6, 6.07) is 3.88. The maximum atomic E-state index is 12.8. The maximum absolute atomic E-state index is 12.8. The van der Waals surface area contributed by atoms with Crippen molar-refractivity contribution in [3.8, 4) is 11.1 Å². The smallest absolute Gasteiger partial charge is 0.260 e. The van der Waals surface area contributed by atoms with E-state index in [2.05, 4.69) is 10.3 Å². The maximum Gasteiger partial charge on any atom is 0.260 e. The van der Waals surface area contributed by atoms with Crippen LogP contribution in [0.3, 0.4) is 0 Å². The predicted octanol–water partition coefficient (Wildman–Crippen LogP) is 3.07. The molecule has 23 heavy (non-hydrogen) atoms. The number of rotatable bonds is 3. The third-order valence-corrected chi connectivity index (χ3v) is 5.78. The topological polar surface area (TPSA) is 69.1 Å². The van der Waals surface area contributed by atoms with Crippen molar-refractivity contribution in [1.29, 1.82) is 5.41 Å². The summed E-state index contributed by atoms with van der Waals surface area (Å²) in [4.78, 5) is 19.3. The molecule has 1 aliphatic heterocycles. The lowest BCUT2D eigenvalue weighted by Gasteiger charge is -2.25. The SMILES string of the molecule is CN1C(=N)NC(c2cc(-c3cncc(Cl)c3)cs2)(C2CC2)C1=O. The molecule has 3 heterocycles. The number of carbonyl (C=O) groups is 1. The molecule has 0 radical (unpaired) electrons. The van der Waals surface area contributed by atoms with Gasteiger partial charge in [0.05, 0.1) is 5.02 Å². The van der Waals surface area contributed by atoms with Crippen LogP contribution in [0.1, 0.15) is 17.7 Å². The van der Waals surface area contributed by atoms with Crippen LogP contribution in [0, 0.1) is 11.3 Å². The molecular formula is C16H15ClN4OS. The highest BCUT2D eigenvalue weighted by molar-refractivity contribution is 7.10. The predicted molar refractivity (Wildman–Crippen MR) is 90.6 cm³/mol. The largest absolute Gasteiger partial charge is 0.337 e. The number of guanidine groups is 1. The summed E-state index contributed by atoms with van der Waals surface area (Å²) in [5.74, 6) is 0.383. The van der Waals surface area contributed by atoms with Gasteiger partial charge in [0.1, 0.15) is 0 Å². The van der Waals surface area contributed by atoms with E-state index < -0.39 is 5.54 Å². The quantitative estimate of drug-likeness (QED) is 0.897. The fourth-order valence-corrected chi connectivity index (χ4v) is 4.43. The number of nitrogens with one attached hydrogen (secondary N) is 2. The Morgan fingerprint density at radius 2 is 2.17 bits per heavy atom. The van der Waals surface area contributed by atoms with E-state index in [9.17, 15) is 4.79 Å². The number of carbonyl (C=O) groups excluding carboxylic acids is 1. The number of pyridine rings is 1. The Morgan fingerprint density at radius 3 is 2.78 bits per heavy atom. The van der Waals surface area contributed by atoms with Crippen LogP contribution >= 0.6 is 22.9 Å². The van der Waals surface area contributed by atoms with Crippen molar-refractivity contribution < 1.29 is 4.79 Å². The molecule has 118 valence electrons. The Morgan fingerprint density at radius 1 is 1.39 bits per heavy atom. The lowest BCUT2D eigenvalue weighted by Crippen LogP contribution is -2.45. The lowest BCUT2D eigenvalue weighted by atomic mass is 9.90. The number of halogens is 1. The minimum atomic E-state index is -0.777. The van der Waals surface area contributed by atoms with Crippen molar-refractivity contribution in [3.05, 3.63) is 39.8 Å². The number of hydrogen-bond donors (Lipinski definition) is 2. The van der Waals surface area contributed by atoms with Crippen LogP contribution in [0.15, 0.2) is 29.9 Å². The molecule has 1 saturated carbocycles. The van der Waals surface area contributed by atoms with Crippen molar-refractivity contribution >= 4 is 34.8 Å². The molecule has 0 bridgehead atoms. The molecule has 1 amide bonds. The monoisotopic (exact) mass is 346 g/mol. The van der Waals surface area contributed by atoms with Crippen molar-refractivity contribution in [2.45, 2.75) is 18.4 Å². The first kappa shape index (κ1) is 14.7. The summed E-state index contributed by atoms with van der Waals surface area (Å²) in [5.41, 5.74) is 1.15. The minimum absolute atomic E-state index is 0.0392. The first-order chi connectivity index (χ1) is 11.0. The molecule has 1 saturated heterocycles. The van der Waals surface area contributed by atoms with Gasteiger partial charge in [-0.25, -0.2) is 0 Å². The van der Waals surface area contributed by atoms with E-state index in [1.54, 1.807) is 30.8 Å². The lowest BCUT2D eigenvalue weighted by molar-refractivity contribution is -0.131. The van der Waals surface area contributed by atoms with Crippen LogP contribution < -0.4 is 5.32 Å². The molecular weight excluding hydrogens is 332 g/mol. The number of nitrogens with zero attached hydrogens (tertiary/aromatic N) is 2. The van der Waals surface area contributed by atoms with Gasteiger partial charge in [-0.05, 0) is 41.8 Å². The molecule has 2 fully saturated rings. The van der Waals surface area contributed by atoms with E-state index in [0.717, 1.165) is 28.8 Å². The highest BCUT2D eigenvalue weighted by atomic mass is 35.5. The van der Waals surface area contributed by atoms with Crippen molar-refractivity contribution in [2.75, 3.05) is 7.05 Å². The molecule has 2 aromatic heterocycles. The van der Waals surface area contributed by atoms with E-state index in [1.807, 2.05) is 17.5 Å². The van der Waals surface area contributed by atoms with E-state index >= 15 is 0 Å². The highest BCUT2D eigenvalue weighted by Crippen LogP contribution is 2.50. The molecule has 1 unspecified atom stereocenters. The third kappa shape index (κ3) is 2.16. The van der Waals surface area contributed by atoms with Gasteiger partial charge in [0.15, 0.2) is 11.5 Å². The van der Waals surface area contributed by atoms with Crippen LogP contribution in [0.5, 0.6) is 0 Å². The summed E-state index contributed by atoms with van der Waals surface area (Å²) in [7, 11) is 1.65. The number of likely N-dealkylation sites (N-methyl/N-ethyl adjacent to an activating group) is 1. The zero-order chi connectivity index (χ0) is 16.2. The molecule has 2 aliphatic rings. The second-order valence-corrected chi connectivity index (χ2v) is 7.36. The molecule has 1 atom stereocenters. The van der Waals surface area contributed by atoms with Crippen molar-refractivity contribution in [3.63, 3.8) is 0 Å². The van der Waals surface area contributed by atoms with E-state index in [4.69, 9.17) is 17.0 Å². The van der Waals surface area contributed by atoms with Crippen LogP contribution in [0.25, 0.3) is 11.1 Å². The Bertz CT molecular complexity index is 816. The standard InChI is InChI=1S/C16H15ClN4OS/c1-21-14(22)16(11-2-3-11,20-15(21)18)13-5-10(8-23-13)9-4-12(17)7-19-6-9/h4-8,11H,2-3H2,1H3,(H2,18,20). The summed E-state index contributed by atoms with van der Waals surface area (Å²) in [6.45, 7) is 0. The Kier molecular flexibility index (Phi) is 3.21. The fourth-order valence-electron chi connectivity index (χ4n) is 3.12. The van der Waals surface area contributed by atoms with Gasteiger partial charge in [-0.2, -0.15) is 0 Å². The molecule has 7 heteroatoms. The normalized spacial score (nSPS) is 24.2. The van der Waals surface area contributed by atoms with Crippen molar-refractivity contribution in [1.82, 2.24) is 15.2 Å². The molecule has 4 rings (SSSR count). The Labute approximate surface area is 142 Å². The van der Waals surface area contributed by atoms with Crippen LogP contribution in [0.4, 0.5) is 0 Å². The van der Waals surface area contributed by atoms with Gasteiger partial charge in [-0.3, -0.25) is 20.1 Å². The van der Waals surface area contributed by atoms with Crippen LogP contribution in [0.2, 0.25) is 5.02 Å². The highest BCUT2D eigenvalue weighted by Gasteiger charge is 2.59. The minimum Gasteiger partial charge on any atom is -0.337 e. The molecule has 5 nitrogen and oxygen atoms in total. The van der Waals surface area contributed by atoms with Gasteiger partial charge in [-0.15, -0.1) is 11.3 Å². The number of hydrogen-bond acceptors (Lipinski definition) is 4. The zero-order valence-electron chi connectivity index (χ0n) is 12.5. The van der Waals surface area contributed by atoms with Gasteiger partial charge in [-0.1, -0.05) is 11.6 Å². The first-order valence-electron chi connectivity index (χ1n) is 7.37. The molecule has 1 aliphatic carbocycles. The van der Waals surface area contributed by atoms with Gasteiger partial charge in [0.2, 0.25) is 0 Å². The summed E-state index contributed by atoms with van der Waals surface area (Å²) in [6.07, 6.45) is 5.37. The average molecular weight is 347 g/mol. The molecule has 0 spiro atoms. The van der Waals surface area contributed by atoms with E-state index in [1.165, 1.54) is 4.90 Å². The second kappa shape index (κ2) is 5.04.